The number of benzene rings is 1. The average Bonchev–Trinajstić information content (AvgIpc) is 2.62. The monoisotopic (exact) mass is 303 g/mol. The van der Waals surface area contributed by atoms with Gasteiger partial charge in [0.15, 0.2) is 9.84 Å². The number of amides is 1. The van der Waals surface area contributed by atoms with Crippen molar-refractivity contribution in [3.63, 3.8) is 0 Å². The molecule has 0 bridgehead atoms. The van der Waals surface area contributed by atoms with Gasteiger partial charge in [-0.15, -0.1) is 11.6 Å². The molecule has 1 aliphatic heterocycles. The van der Waals surface area contributed by atoms with Gasteiger partial charge >= 0.3 is 0 Å². The van der Waals surface area contributed by atoms with Crippen LogP contribution in [0.1, 0.15) is 10.4 Å². The molecule has 2 rings (SSSR count). The van der Waals surface area contributed by atoms with Gasteiger partial charge in [0, 0.05) is 0 Å². The van der Waals surface area contributed by atoms with Crippen LogP contribution in [-0.2, 0) is 9.84 Å². The molecule has 1 aromatic rings. The van der Waals surface area contributed by atoms with Gasteiger partial charge in [-0.05, 0) is 12.1 Å². The van der Waals surface area contributed by atoms with Crippen LogP contribution in [0.25, 0.3) is 0 Å². The summed E-state index contributed by atoms with van der Waals surface area (Å²) in [5.41, 5.74) is 0.359. The molecule has 5 nitrogen and oxygen atoms in total. The Morgan fingerprint density at radius 3 is 2.63 bits per heavy atom. The van der Waals surface area contributed by atoms with E-state index in [2.05, 4.69) is 5.32 Å². The summed E-state index contributed by atoms with van der Waals surface area (Å²) in [7, 11) is -1.70. The molecule has 1 fully saturated rings. The molecule has 7 heteroatoms. The second-order valence-electron chi connectivity index (χ2n) is 4.37. The van der Waals surface area contributed by atoms with Gasteiger partial charge in [0.2, 0.25) is 0 Å². The Morgan fingerprint density at radius 1 is 1.37 bits per heavy atom. The third-order valence-electron chi connectivity index (χ3n) is 2.95. The molecule has 0 unspecified atom stereocenters. The molecular weight excluding hydrogens is 290 g/mol. The van der Waals surface area contributed by atoms with Crippen molar-refractivity contribution < 1.29 is 17.9 Å². The maximum Gasteiger partial charge on any atom is 0.255 e. The van der Waals surface area contributed by atoms with Crippen molar-refractivity contribution in [3.05, 3.63) is 29.8 Å². The number of halogens is 1. The lowest BCUT2D eigenvalue weighted by molar-refractivity contribution is 0.0938. The number of carbonyl (C=O) groups is 1. The molecular formula is C12H14ClNO4S. The number of sulfone groups is 1. The van der Waals surface area contributed by atoms with Crippen LogP contribution >= 0.6 is 11.6 Å². The van der Waals surface area contributed by atoms with E-state index in [1.54, 1.807) is 24.3 Å². The zero-order valence-electron chi connectivity index (χ0n) is 10.3. The van der Waals surface area contributed by atoms with Crippen LogP contribution in [-0.4, -0.2) is 44.4 Å². The SMILES string of the molecule is COc1ccccc1C(=O)N[C@H]1CS(=O)(=O)C[C@@H]1Cl. The number of hydrogen-bond acceptors (Lipinski definition) is 4. The summed E-state index contributed by atoms with van der Waals surface area (Å²) in [6.45, 7) is 0. The fourth-order valence-corrected chi connectivity index (χ4v) is 4.57. The Kier molecular flexibility index (Phi) is 4.01. The van der Waals surface area contributed by atoms with E-state index in [4.69, 9.17) is 16.3 Å². The lowest BCUT2D eigenvalue weighted by Crippen LogP contribution is -2.40. The van der Waals surface area contributed by atoms with E-state index in [9.17, 15) is 13.2 Å². The molecule has 0 saturated carbocycles. The van der Waals surface area contributed by atoms with Crippen LogP contribution < -0.4 is 10.1 Å². The lowest BCUT2D eigenvalue weighted by Gasteiger charge is -2.15. The molecule has 1 amide bonds. The summed E-state index contributed by atoms with van der Waals surface area (Å²) in [6.07, 6.45) is 0. The van der Waals surface area contributed by atoms with Gasteiger partial charge in [-0.1, -0.05) is 12.1 Å². The van der Waals surface area contributed by atoms with E-state index in [1.165, 1.54) is 7.11 Å². The molecule has 0 aromatic heterocycles. The van der Waals surface area contributed by atoms with Crippen molar-refractivity contribution in [2.45, 2.75) is 11.4 Å². The quantitative estimate of drug-likeness (QED) is 0.840. The Labute approximate surface area is 116 Å². The summed E-state index contributed by atoms with van der Waals surface area (Å²) in [5, 5.41) is 2.05. The van der Waals surface area contributed by atoms with Gasteiger partial charge in [-0.3, -0.25) is 4.79 Å². The van der Waals surface area contributed by atoms with Crippen LogP contribution in [0.3, 0.4) is 0 Å². The summed E-state index contributed by atoms with van der Waals surface area (Å²) in [5.74, 6) is -0.176. The molecule has 1 aromatic carbocycles. The van der Waals surface area contributed by atoms with Crippen LogP contribution in [0.15, 0.2) is 24.3 Å². The van der Waals surface area contributed by atoms with E-state index in [-0.39, 0.29) is 17.4 Å². The number of hydrogen-bond donors (Lipinski definition) is 1. The first-order valence-electron chi connectivity index (χ1n) is 5.71. The largest absolute Gasteiger partial charge is 0.496 e. The lowest BCUT2D eigenvalue weighted by atomic mass is 10.1. The molecule has 19 heavy (non-hydrogen) atoms. The van der Waals surface area contributed by atoms with Crippen molar-refractivity contribution >= 4 is 27.3 Å². The van der Waals surface area contributed by atoms with Gasteiger partial charge in [0.05, 0.1) is 35.6 Å². The molecule has 2 atom stereocenters. The van der Waals surface area contributed by atoms with Crippen molar-refractivity contribution in [1.82, 2.24) is 5.32 Å². The van der Waals surface area contributed by atoms with Crippen LogP contribution in [0, 0.1) is 0 Å². The number of rotatable bonds is 3. The van der Waals surface area contributed by atoms with E-state index < -0.39 is 21.3 Å². The van der Waals surface area contributed by atoms with Crippen LogP contribution in [0.2, 0.25) is 0 Å². The van der Waals surface area contributed by atoms with Gasteiger partial charge in [-0.2, -0.15) is 0 Å². The summed E-state index contributed by atoms with van der Waals surface area (Å²) in [4.78, 5) is 12.1. The van der Waals surface area contributed by atoms with Crippen molar-refractivity contribution in [1.29, 1.82) is 0 Å². The Balaban J connectivity index is 2.14. The topological polar surface area (TPSA) is 72.5 Å². The zero-order chi connectivity index (χ0) is 14.0. The minimum atomic E-state index is -3.17. The standard InChI is InChI=1S/C12H14ClNO4S/c1-18-11-5-3-2-4-8(11)12(15)14-10-7-19(16,17)6-9(10)13/h2-5,9-10H,6-7H2,1H3,(H,14,15)/t9-,10-/m0/s1. The normalized spacial score (nSPS) is 24.9. The highest BCUT2D eigenvalue weighted by Crippen LogP contribution is 2.21. The molecule has 0 aliphatic carbocycles. The van der Waals surface area contributed by atoms with Crippen molar-refractivity contribution in [3.8, 4) is 5.75 Å². The van der Waals surface area contributed by atoms with Gasteiger partial charge in [-0.25, -0.2) is 8.42 Å². The van der Waals surface area contributed by atoms with Gasteiger partial charge in [0.25, 0.3) is 5.91 Å². The third-order valence-corrected chi connectivity index (χ3v) is 5.33. The number of ether oxygens (including phenoxy) is 1. The van der Waals surface area contributed by atoms with Gasteiger partial charge in [0.1, 0.15) is 5.75 Å². The van der Waals surface area contributed by atoms with E-state index in [0.29, 0.717) is 11.3 Å². The summed E-state index contributed by atoms with van der Waals surface area (Å²) in [6, 6.07) is 6.17. The fraction of sp³-hybridized carbons (Fsp3) is 0.417. The smallest absolute Gasteiger partial charge is 0.255 e. The minimum absolute atomic E-state index is 0.106. The van der Waals surface area contributed by atoms with Crippen LogP contribution in [0.5, 0.6) is 5.75 Å². The number of para-hydroxylation sites is 1. The fourth-order valence-electron chi connectivity index (χ4n) is 2.02. The molecule has 104 valence electrons. The summed E-state index contributed by atoms with van der Waals surface area (Å²) >= 11 is 5.94. The first kappa shape index (κ1) is 14.1. The zero-order valence-corrected chi connectivity index (χ0v) is 11.9. The predicted molar refractivity (Wildman–Crippen MR) is 72.5 cm³/mol. The van der Waals surface area contributed by atoms with Crippen molar-refractivity contribution in [2.24, 2.45) is 0 Å². The number of carbonyl (C=O) groups excluding carboxylic acids is 1. The first-order chi connectivity index (χ1) is 8.93. The highest BCUT2D eigenvalue weighted by molar-refractivity contribution is 7.91. The molecule has 1 heterocycles. The van der Waals surface area contributed by atoms with E-state index in [0.717, 1.165) is 0 Å². The number of nitrogens with one attached hydrogen (secondary N) is 1. The second kappa shape index (κ2) is 5.38. The Bertz CT molecular complexity index is 587. The van der Waals surface area contributed by atoms with E-state index in [1.807, 2.05) is 0 Å². The summed E-state index contributed by atoms with van der Waals surface area (Å²) < 4.78 is 28.0. The van der Waals surface area contributed by atoms with Gasteiger partial charge < -0.3 is 10.1 Å². The molecule has 1 saturated heterocycles. The number of methoxy groups -OCH3 is 1. The first-order valence-corrected chi connectivity index (χ1v) is 7.97. The van der Waals surface area contributed by atoms with Crippen LogP contribution in [0.4, 0.5) is 0 Å². The molecule has 0 radical (unpaired) electrons. The third kappa shape index (κ3) is 3.19. The van der Waals surface area contributed by atoms with Crippen molar-refractivity contribution in [2.75, 3.05) is 18.6 Å². The Hall–Kier alpha value is -1.27. The molecule has 0 spiro atoms. The average molecular weight is 304 g/mol. The minimum Gasteiger partial charge on any atom is -0.496 e. The predicted octanol–water partition coefficient (Wildman–Crippen LogP) is 0.829. The highest BCUT2D eigenvalue weighted by atomic mass is 35.5. The number of alkyl halides is 1. The van der Waals surface area contributed by atoms with E-state index >= 15 is 0 Å². The molecule has 1 N–H and O–H groups in total. The maximum absolute atomic E-state index is 12.1. The molecule has 1 aliphatic rings. The Morgan fingerprint density at radius 2 is 2.05 bits per heavy atom. The highest BCUT2D eigenvalue weighted by Gasteiger charge is 2.37. The maximum atomic E-state index is 12.1. The second-order valence-corrected chi connectivity index (χ2v) is 7.09.